The summed E-state index contributed by atoms with van der Waals surface area (Å²) in [6.45, 7) is 3.18. The fraction of sp³-hybridized carbons (Fsp3) is 0.538. The molecule has 0 saturated carbocycles. The van der Waals surface area contributed by atoms with E-state index in [4.69, 9.17) is 21.4 Å². The molecule has 106 valence electrons. The van der Waals surface area contributed by atoms with E-state index in [1.165, 1.54) is 0 Å². The van der Waals surface area contributed by atoms with Crippen LogP contribution in [0.25, 0.3) is 0 Å². The third-order valence-electron chi connectivity index (χ3n) is 3.07. The Labute approximate surface area is 117 Å². The number of aliphatic hydroxyl groups excluding tert-OH is 2. The number of nitrogens with zero attached hydrogens (tertiary/aromatic N) is 1. The SMILES string of the molecule is OCC(O)CNc1cc(N2CCOCC2)ccc1Cl. The van der Waals surface area contributed by atoms with Gasteiger partial charge in [-0.15, -0.1) is 0 Å². The van der Waals surface area contributed by atoms with Gasteiger partial charge in [0.2, 0.25) is 0 Å². The molecular weight excluding hydrogens is 268 g/mol. The molecular formula is C13H19ClN2O3. The third-order valence-corrected chi connectivity index (χ3v) is 3.39. The van der Waals surface area contributed by atoms with Crippen LogP contribution in [0, 0.1) is 0 Å². The Morgan fingerprint density at radius 3 is 2.79 bits per heavy atom. The first-order valence-corrected chi connectivity index (χ1v) is 6.73. The van der Waals surface area contributed by atoms with E-state index in [1.807, 2.05) is 18.2 Å². The van der Waals surface area contributed by atoms with E-state index >= 15 is 0 Å². The lowest BCUT2D eigenvalue weighted by molar-refractivity contribution is 0.105. The highest BCUT2D eigenvalue weighted by Gasteiger charge is 2.13. The van der Waals surface area contributed by atoms with Gasteiger partial charge in [0.05, 0.1) is 36.6 Å². The Kier molecular flexibility index (Phi) is 5.27. The molecule has 0 bridgehead atoms. The zero-order valence-electron chi connectivity index (χ0n) is 10.7. The largest absolute Gasteiger partial charge is 0.394 e. The van der Waals surface area contributed by atoms with Gasteiger partial charge in [0.25, 0.3) is 0 Å². The molecule has 0 aliphatic carbocycles. The van der Waals surface area contributed by atoms with Gasteiger partial charge in [0.1, 0.15) is 0 Å². The number of hydrogen-bond donors (Lipinski definition) is 3. The van der Waals surface area contributed by atoms with Gasteiger partial charge >= 0.3 is 0 Å². The summed E-state index contributed by atoms with van der Waals surface area (Å²) >= 11 is 6.11. The topological polar surface area (TPSA) is 65.0 Å². The summed E-state index contributed by atoms with van der Waals surface area (Å²) in [5, 5.41) is 21.8. The summed E-state index contributed by atoms with van der Waals surface area (Å²) in [5.74, 6) is 0. The molecule has 5 nitrogen and oxygen atoms in total. The van der Waals surface area contributed by atoms with Crippen molar-refractivity contribution in [1.29, 1.82) is 0 Å². The van der Waals surface area contributed by atoms with E-state index in [9.17, 15) is 5.11 Å². The van der Waals surface area contributed by atoms with Crippen LogP contribution in [0.1, 0.15) is 0 Å². The summed E-state index contributed by atoms with van der Waals surface area (Å²) in [6, 6.07) is 5.76. The van der Waals surface area contributed by atoms with Crippen LogP contribution in [0.3, 0.4) is 0 Å². The molecule has 1 aliphatic heterocycles. The Bertz CT molecular complexity index is 411. The molecule has 2 rings (SSSR count). The zero-order valence-corrected chi connectivity index (χ0v) is 11.4. The van der Waals surface area contributed by atoms with Crippen LogP contribution in [-0.2, 0) is 4.74 Å². The van der Waals surface area contributed by atoms with Crippen LogP contribution in [0.4, 0.5) is 11.4 Å². The van der Waals surface area contributed by atoms with Crippen molar-refractivity contribution < 1.29 is 14.9 Å². The molecule has 1 atom stereocenters. The number of morpholine rings is 1. The monoisotopic (exact) mass is 286 g/mol. The van der Waals surface area contributed by atoms with Crippen molar-refractivity contribution >= 4 is 23.0 Å². The van der Waals surface area contributed by atoms with Crippen molar-refractivity contribution in [2.45, 2.75) is 6.10 Å². The zero-order chi connectivity index (χ0) is 13.7. The van der Waals surface area contributed by atoms with Crippen molar-refractivity contribution in [3.05, 3.63) is 23.2 Å². The average molecular weight is 287 g/mol. The van der Waals surface area contributed by atoms with Gasteiger partial charge in [-0.25, -0.2) is 0 Å². The predicted molar refractivity (Wildman–Crippen MR) is 76.1 cm³/mol. The second-order valence-electron chi connectivity index (χ2n) is 4.48. The van der Waals surface area contributed by atoms with Crippen LogP contribution in [0.2, 0.25) is 5.02 Å². The number of halogens is 1. The number of aliphatic hydroxyl groups is 2. The van der Waals surface area contributed by atoms with Crippen LogP contribution in [-0.4, -0.2) is 55.8 Å². The molecule has 0 radical (unpaired) electrons. The fourth-order valence-electron chi connectivity index (χ4n) is 1.96. The smallest absolute Gasteiger partial charge is 0.0942 e. The molecule has 1 aliphatic rings. The number of ether oxygens (including phenoxy) is 1. The molecule has 3 N–H and O–H groups in total. The predicted octanol–water partition coefficient (Wildman–Crippen LogP) is 0.942. The highest BCUT2D eigenvalue weighted by molar-refractivity contribution is 6.33. The van der Waals surface area contributed by atoms with Crippen LogP contribution < -0.4 is 10.2 Å². The van der Waals surface area contributed by atoms with Crippen molar-refractivity contribution in [2.24, 2.45) is 0 Å². The lowest BCUT2D eigenvalue weighted by atomic mass is 10.2. The minimum atomic E-state index is -0.789. The summed E-state index contributed by atoms with van der Waals surface area (Å²) in [6.07, 6.45) is -0.789. The first kappa shape index (κ1) is 14.4. The fourth-order valence-corrected chi connectivity index (χ4v) is 2.14. The van der Waals surface area contributed by atoms with Crippen LogP contribution in [0.15, 0.2) is 18.2 Å². The molecule has 6 heteroatoms. The van der Waals surface area contributed by atoms with Crippen molar-refractivity contribution in [2.75, 3.05) is 49.7 Å². The Morgan fingerprint density at radius 2 is 2.11 bits per heavy atom. The van der Waals surface area contributed by atoms with Crippen LogP contribution >= 0.6 is 11.6 Å². The second-order valence-corrected chi connectivity index (χ2v) is 4.89. The molecule has 1 fully saturated rings. The normalized spacial score (nSPS) is 17.3. The lowest BCUT2D eigenvalue weighted by Crippen LogP contribution is -2.36. The maximum Gasteiger partial charge on any atom is 0.0942 e. The standard InChI is InChI=1S/C13H19ClN2O3/c14-12-2-1-10(16-3-5-19-6-4-16)7-13(12)15-8-11(18)9-17/h1-2,7,11,15,17-18H,3-6,8-9H2. The van der Waals surface area contributed by atoms with E-state index in [-0.39, 0.29) is 13.2 Å². The minimum Gasteiger partial charge on any atom is -0.394 e. The molecule has 1 unspecified atom stereocenters. The van der Waals surface area contributed by atoms with Gasteiger partial charge in [0.15, 0.2) is 0 Å². The molecule has 0 spiro atoms. The summed E-state index contributed by atoms with van der Waals surface area (Å²) in [5.41, 5.74) is 1.84. The van der Waals surface area contributed by atoms with E-state index < -0.39 is 6.10 Å². The third kappa shape index (κ3) is 3.98. The highest BCUT2D eigenvalue weighted by Crippen LogP contribution is 2.28. The molecule has 1 saturated heterocycles. The van der Waals surface area contributed by atoms with Crippen LogP contribution in [0.5, 0.6) is 0 Å². The summed E-state index contributed by atoms with van der Waals surface area (Å²) in [4.78, 5) is 2.23. The summed E-state index contributed by atoms with van der Waals surface area (Å²) < 4.78 is 5.32. The van der Waals surface area contributed by atoms with Gasteiger partial charge in [-0.2, -0.15) is 0 Å². The number of anilines is 2. The van der Waals surface area contributed by atoms with Gasteiger partial charge < -0.3 is 25.2 Å². The molecule has 19 heavy (non-hydrogen) atoms. The van der Waals surface area contributed by atoms with Gasteiger partial charge in [-0.05, 0) is 18.2 Å². The molecule has 1 heterocycles. The minimum absolute atomic E-state index is 0.267. The van der Waals surface area contributed by atoms with E-state index in [1.54, 1.807) is 0 Å². The van der Waals surface area contributed by atoms with E-state index in [0.717, 1.165) is 37.7 Å². The number of benzene rings is 1. The highest BCUT2D eigenvalue weighted by atomic mass is 35.5. The van der Waals surface area contributed by atoms with E-state index in [2.05, 4.69) is 10.2 Å². The van der Waals surface area contributed by atoms with Gasteiger partial charge in [0, 0.05) is 25.3 Å². The van der Waals surface area contributed by atoms with Crippen molar-refractivity contribution in [1.82, 2.24) is 0 Å². The maximum absolute atomic E-state index is 9.35. The maximum atomic E-state index is 9.35. The van der Waals surface area contributed by atoms with E-state index in [0.29, 0.717) is 5.02 Å². The molecule has 0 aromatic heterocycles. The number of rotatable bonds is 5. The number of hydrogen-bond acceptors (Lipinski definition) is 5. The molecule has 1 aromatic rings. The Balaban J connectivity index is 2.05. The molecule has 1 aromatic carbocycles. The van der Waals surface area contributed by atoms with Gasteiger partial charge in [-0.3, -0.25) is 0 Å². The second kappa shape index (κ2) is 6.96. The first-order valence-electron chi connectivity index (χ1n) is 6.35. The van der Waals surface area contributed by atoms with Crippen molar-refractivity contribution in [3.63, 3.8) is 0 Å². The van der Waals surface area contributed by atoms with Crippen molar-refractivity contribution in [3.8, 4) is 0 Å². The molecule has 0 amide bonds. The quantitative estimate of drug-likeness (QED) is 0.752. The summed E-state index contributed by atoms with van der Waals surface area (Å²) in [7, 11) is 0. The lowest BCUT2D eigenvalue weighted by Gasteiger charge is -2.29. The number of nitrogens with one attached hydrogen (secondary N) is 1. The van der Waals surface area contributed by atoms with Gasteiger partial charge in [-0.1, -0.05) is 11.6 Å². The first-order chi connectivity index (χ1) is 9.20. The Hall–Kier alpha value is -1.01. The average Bonchev–Trinajstić information content (AvgIpc) is 2.47. The Morgan fingerprint density at radius 1 is 1.37 bits per heavy atom.